The number of nitrogens with zero attached hydrogens (tertiary/aromatic N) is 1. The molecule has 2 aromatic carbocycles. The van der Waals surface area contributed by atoms with Gasteiger partial charge in [0.25, 0.3) is 0 Å². The molecule has 0 unspecified atom stereocenters. The van der Waals surface area contributed by atoms with E-state index < -0.39 is 0 Å². The van der Waals surface area contributed by atoms with E-state index in [2.05, 4.69) is 0 Å². The molecule has 5 heteroatoms. The largest absolute Gasteiger partial charge is 0.508 e. The summed E-state index contributed by atoms with van der Waals surface area (Å²) in [5.41, 5.74) is 6.98. The molecule has 0 heterocycles. The number of benzene rings is 2. The summed E-state index contributed by atoms with van der Waals surface area (Å²) in [5.74, 6) is 0.798. The number of rotatable bonds is 5. The smallest absolute Gasteiger partial charge is 0.230 e. The van der Waals surface area contributed by atoms with Gasteiger partial charge in [-0.15, -0.1) is 0 Å². The highest BCUT2D eigenvalue weighted by Gasteiger charge is 2.10. The Morgan fingerprint density at radius 3 is 2.38 bits per heavy atom. The molecule has 0 saturated carbocycles. The molecular formula is C16H18N2O3. The van der Waals surface area contributed by atoms with E-state index in [1.807, 2.05) is 0 Å². The predicted molar refractivity (Wildman–Crippen MR) is 82.5 cm³/mol. The molecule has 0 aliphatic rings. The molecule has 0 bridgehead atoms. The molecule has 1 amide bonds. The number of hydrogen-bond donors (Lipinski definition) is 2. The van der Waals surface area contributed by atoms with Crippen LogP contribution in [0.2, 0.25) is 0 Å². The number of ether oxygens (including phenoxy) is 1. The monoisotopic (exact) mass is 286 g/mol. The number of amides is 1. The third-order valence-corrected chi connectivity index (χ3v) is 3.08. The summed E-state index contributed by atoms with van der Waals surface area (Å²) in [4.78, 5) is 13.6. The Bertz CT molecular complexity index is 594. The lowest BCUT2D eigenvalue weighted by Crippen LogP contribution is -2.27. The highest BCUT2D eigenvalue weighted by Crippen LogP contribution is 2.18. The summed E-state index contributed by atoms with van der Waals surface area (Å²) >= 11 is 0. The Morgan fingerprint density at radius 2 is 1.76 bits per heavy atom. The minimum Gasteiger partial charge on any atom is -0.508 e. The van der Waals surface area contributed by atoms with Crippen molar-refractivity contribution >= 4 is 17.3 Å². The van der Waals surface area contributed by atoms with Crippen LogP contribution in [0.5, 0.6) is 11.5 Å². The lowest BCUT2D eigenvalue weighted by molar-refractivity contribution is -0.118. The molecule has 0 aromatic heterocycles. The molecule has 0 atom stereocenters. The van der Waals surface area contributed by atoms with Gasteiger partial charge < -0.3 is 20.5 Å². The summed E-state index contributed by atoms with van der Waals surface area (Å²) in [7, 11) is 1.69. The van der Waals surface area contributed by atoms with Crippen LogP contribution in [0.1, 0.15) is 6.42 Å². The fourth-order valence-corrected chi connectivity index (χ4v) is 1.81. The quantitative estimate of drug-likeness (QED) is 0.828. The van der Waals surface area contributed by atoms with Crippen molar-refractivity contribution < 1.29 is 14.6 Å². The first-order chi connectivity index (χ1) is 10.1. The molecule has 3 N–H and O–H groups in total. The Labute approximate surface area is 123 Å². The second kappa shape index (κ2) is 6.65. The average Bonchev–Trinajstić information content (AvgIpc) is 2.49. The van der Waals surface area contributed by atoms with Crippen molar-refractivity contribution in [2.45, 2.75) is 6.42 Å². The van der Waals surface area contributed by atoms with Gasteiger partial charge in [-0.2, -0.15) is 0 Å². The summed E-state index contributed by atoms with van der Waals surface area (Å²) in [6.07, 6.45) is 0.266. The van der Waals surface area contributed by atoms with Gasteiger partial charge in [-0.05, 0) is 48.5 Å². The van der Waals surface area contributed by atoms with Crippen molar-refractivity contribution in [3.8, 4) is 11.5 Å². The highest BCUT2D eigenvalue weighted by atomic mass is 16.5. The van der Waals surface area contributed by atoms with Crippen molar-refractivity contribution in [3.05, 3.63) is 48.5 Å². The zero-order chi connectivity index (χ0) is 15.2. The number of phenols is 1. The number of aromatic hydroxyl groups is 1. The van der Waals surface area contributed by atoms with E-state index in [-0.39, 0.29) is 18.1 Å². The third-order valence-electron chi connectivity index (χ3n) is 3.08. The fourth-order valence-electron chi connectivity index (χ4n) is 1.81. The molecule has 0 fully saturated rings. The number of carbonyl (C=O) groups excluding carboxylic acids is 1. The fraction of sp³-hybridized carbons (Fsp3) is 0.188. The normalized spacial score (nSPS) is 10.1. The van der Waals surface area contributed by atoms with Crippen LogP contribution in [0.15, 0.2) is 48.5 Å². The number of carbonyl (C=O) groups is 1. The summed E-state index contributed by atoms with van der Waals surface area (Å²) in [6.45, 7) is 0.297. The van der Waals surface area contributed by atoms with Gasteiger partial charge in [-0.3, -0.25) is 4.79 Å². The van der Waals surface area contributed by atoms with Crippen molar-refractivity contribution in [3.63, 3.8) is 0 Å². The molecule has 21 heavy (non-hydrogen) atoms. The first-order valence-corrected chi connectivity index (χ1v) is 6.60. The molecule has 0 aliphatic heterocycles. The molecule has 0 saturated heterocycles. The van der Waals surface area contributed by atoms with E-state index in [9.17, 15) is 9.90 Å². The summed E-state index contributed by atoms with van der Waals surface area (Å²) < 4.78 is 5.49. The van der Waals surface area contributed by atoms with Crippen LogP contribution >= 0.6 is 0 Å². The maximum atomic E-state index is 12.0. The van der Waals surface area contributed by atoms with Crippen LogP contribution in [0.3, 0.4) is 0 Å². The Morgan fingerprint density at radius 1 is 1.14 bits per heavy atom. The van der Waals surface area contributed by atoms with E-state index in [0.717, 1.165) is 5.69 Å². The lowest BCUT2D eigenvalue weighted by atomic mass is 10.2. The van der Waals surface area contributed by atoms with Crippen molar-refractivity contribution in [2.75, 3.05) is 24.3 Å². The first kappa shape index (κ1) is 14.7. The third kappa shape index (κ3) is 4.14. The SMILES string of the molecule is CN(C(=O)CCOc1ccc(N)cc1)c1ccc(O)cc1. The molecule has 2 aromatic rings. The van der Waals surface area contributed by atoms with Gasteiger partial charge in [0.15, 0.2) is 0 Å². The summed E-state index contributed by atoms with van der Waals surface area (Å²) in [5, 5.41) is 9.23. The van der Waals surface area contributed by atoms with E-state index in [1.165, 1.54) is 4.90 Å². The minimum absolute atomic E-state index is 0.0591. The molecule has 0 spiro atoms. The topological polar surface area (TPSA) is 75.8 Å². The van der Waals surface area contributed by atoms with Crippen LogP contribution < -0.4 is 15.4 Å². The van der Waals surface area contributed by atoms with E-state index >= 15 is 0 Å². The van der Waals surface area contributed by atoms with Crippen molar-refractivity contribution in [1.29, 1.82) is 0 Å². The van der Waals surface area contributed by atoms with E-state index in [1.54, 1.807) is 55.6 Å². The van der Waals surface area contributed by atoms with Crippen LogP contribution in [0, 0.1) is 0 Å². The Balaban J connectivity index is 1.83. The average molecular weight is 286 g/mol. The molecule has 110 valence electrons. The van der Waals surface area contributed by atoms with Gasteiger partial charge in [-0.1, -0.05) is 0 Å². The number of anilines is 2. The number of nitrogens with two attached hydrogens (primary N) is 1. The predicted octanol–water partition coefficient (Wildman–Crippen LogP) is 2.41. The van der Waals surface area contributed by atoms with E-state index in [0.29, 0.717) is 18.0 Å². The van der Waals surface area contributed by atoms with Gasteiger partial charge >= 0.3 is 0 Å². The number of nitrogen functional groups attached to an aromatic ring is 1. The molecule has 0 aliphatic carbocycles. The minimum atomic E-state index is -0.0591. The standard InChI is InChI=1S/C16H18N2O3/c1-18(13-4-6-14(19)7-5-13)16(20)10-11-21-15-8-2-12(17)3-9-15/h2-9,19H,10-11,17H2,1H3. The second-order valence-electron chi connectivity index (χ2n) is 4.64. The van der Waals surface area contributed by atoms with E-state index in [4.69, 9.17) is 10.5 Å². The van der Waals surface area contributed by atoms with Crippen molar-refractivity contribution in [1.82, 2.24) is 0 Å². The number of hydrogen-bond acceptors (Lipinski definition) is 4. The van der Waals surface area contributed by atoms with Crippen LogP contribution in [-0.4, -0.2) is 24.7 Å². The van der Waals surface area contributed by atoms with Gasteiger partial charge in [0.1, 0.15) is 11.5 Å². The van der Waals surface area contributed by atoms with Gasteiger partial charge in [0, 0.05) is 18.4 Å². The second-order valence-corrected chi connectivity index (χ2v) is 4.64. The molecule has 0 radical (unpaired) electrons. The summed E-state index contributed by atoms with van der Waals surface area (Å²) in [6, 6.07) is 13.5. The molecular weight excluding hydrogens is 268 g/mol. The van der Waals surface area contributed by atoms with Crippen molar-refractivity contribution in [2.24, 2.45) is 0 Å². The van der Waals surface area contributed by atoms with Gasteiger partial charge in [0.05, 0.1) is 13.0 Å². The maximum Gasteiger partial charge on any atom is 0.230 e. The number of phenolic OH excluding ortho intramolecular Hbond substituents is 1. The lowest BCUT2D eigenvalue weighted by Gasteiger charge is -2.17. The highest BCUT2D eigenvalue weighted by molar-refractivity contribution is 5.92. The zero-order valence-corrected chi connectivity index (χ0v) is 11.8. The van der Waals surface area contributed by atoms with Gasteiger partial charge in [-0.25, -0.2) is 0 Å². The first-order valence-electron chi connectivity index (χ1n) is 6.60. The Kier molecular flexibility index (Phi) is 4.66. The Hall–Kier alpha value is -2.69. The molecule has 5 nitrogen and oxygen atoms in total. The molecule has 2 rings (SSSR count). The van der Waals surface area contributed by atoms with Gasteiger partial charge in [0.2, 0.25) is 5.91 Å². The zero-order valence-electron chi connectivity index (χ0n) is 11.8. The maximum absolute atomic E-state index is 12.0. The van der Waals surface area contributed by atoms with Crippen LogP contribution in [0.25, 0.3) is 0 Å². The van der Waals surface area contributed by atoms with Crippen LogP contribution in [0.4, 0.5) is 11.4 Å². The van der Waals surface area contributed by atoms with Crippen LogP contribution in [-0.2, 0) is 4.79 Å².